The van der Waals surface area contributed by atoms with Crippen molar-refractivity contribution in [3.63, 3.8) is 0 Å². The highest BCUT2D eigenvalue weighted by Crippen LogP contribution is 2.40. The molecule has 0 aliphatic carbocycles. The molecule has 0 aromatic heterocycles. The highest BCUT2D eigenvalue weighted by Gasteiger charge is 2.26. The van der Waals surface area contributed by atoms with E-state index in [2.05, 4.69) is 0 Å². The number of nitrogens with zero attached hydrogens (tertiary/aromatic N) is 2. The Bertz CT molecular complexity index is 694. The second-order valence-electron chi connectivity index (χ2n) is 6.80. The van der Waals surface area contributed by atoms with Gasteiger partial charge in [0.2, 0.25) is 6.79 Å². The molecule has 3 rings (SSSR count). The molecule has 8 heteroatoms. The molecule has 2 aliphatic heterocycles. The maximum Gasteiger partial charge on any atom is 0.409 e. The minimum atomic E-state index is -0.320. The molecule has 0 atom stereocenters. The number of hydrogen-bond donors (Lipinski definition) is 0. The molecule has 1 aromatic carbocycles. The summed E-state index contributed by atoms with van der Waals surface area (Å²) in [6.45, 7) is 6.51. The molecular weight excluding hydrogens is 360 g/mol. The number of halogens is 1. The van der Waals surface area contributed by atoms with Crippen LogP contribution in [0.5, 0.6) is 11.5 Å². The second-order valence-corrected chi connectivity index (χ2v) is 7.20. The molecular formula is C18H23ClN2O5. The molecule has 26 heavy (non-hydrogen) atoms. The number of ether oxygens (including phenoxy) is 3. The number of rotatable bonds is 3. The minimum Gasteiger partial charge on any atom is -0.454 e. The van der Waals surface area contributed by atoms with Crippen LogP contribution in [0.3, 0.4) is 0 Å². The minimum absolute atomic E-state index is 0.101. The Hall–Kier alpha value is -2.15. The van der Waals surface area contributed by atoms with Crippen LogP contribution in [0.2, 0.25) is 5.02 Å². The Morgan fingerprint density at radius 3 is 2.65 bits per heavy atom. The number of benzene rings is 1. The summed E-state index contributed by atoms with van der Waals surface area (Å²) in [4.78, 5) is 28.3. The summed E-state index contributed by atoms with van der Waals surface area (Å²) in [5.41, 5.74) is 0.454. The third kappa shape index (κ3) is 4.15. The summed E-state index contributed by atoms with van der Waals surface area (Å²) < 4.78 is 15.9. The fourth-order valence-corrected chi connectivity index (χ4v) is 3.17. The predicted octanol–water partition coefficient (Wildman–Crippen LogP) is 3.01. The third-order valence-electron chi connectivity index (χ3n) is 4.26. The molecule has 1 saturated heterocycles. The Morgan fingerprint density at radius 2 is 1.88 bits per heavy atom. The summed E-state index contributed by atoms with van der Waals surface area (Å²) in [5.74, 6) is 1.11. The molecule has 0 unspecified atom stereocenters. The van der Waals surface area contributed by atoms with Gasteiger partial charge in [-0.15, -0.1) is 0 Å². The van der Waals surface area contributed by atoms with Gasteiger partial charge < -0.3 is 24.0 Å². The van der Waals surface area contributed by atoms with Crippen molar-refractivity contribution in [3.8, 4) is 11.5 Å². The van der Waals surface area contributed by atoms with Gasteiger partial charge in [0.25, 0.3) is 5.91 Å². The summed E-state index contributed by atoms with van der Waals surface area (Å²) in [6, 6.07) is 3.24. The molecule has 1 aromatic rings. The maximum absolute atomic E-state index is 12.8. The smallest absolute Gasteiger partial charge is 0.409 e. The van der Waals surface area contributed by atoms with Crippen molar-refractivity contribution < 1.29 is 23.8 Å². The fourth-order valence-electron chi connectivity index (χ4n) is 2.91. The normalized spacial score (nSPS) is 16.6. The van der Waals surface area contributed by atoms with E-state index >= 15 is 0 Å². The Kier molecular flexibility index (Phi) is 5.76. The lowest BCUT2D eigenvalue weighted by Gasteiger charge is -2.22. The van der Waals surface area contributed by atoms with Crippen LogP contribution in [0.4, 0.5) is 4.79 Å². The SMILES string of the molecule is CC(C)COC(=O)N1CCCN(C(=O)c2cc(Cl)c3c(c2)OCO3)CC1. The quantitative estimate of drug-likeness (QED) is 0.803. The van der Waals surface area contributed by atoms with Crippen LogP contribution >= 0.6 is 11.6 Å². The topological polar surface area (TPSA) is 68.3 Å². The zero-order valence-corrected chi connectivity index (χ0v) is 15.8. The lowest BCUT2D eigenvalue weighted by atomic mass is 10.1. The highest BCUT2D eigenvalue weighted by atomic mass is 35.5. The number of hydrogen-bond acceptors (Lipinski definition) is 5. The van der Waals surface area contributed by atoms with Crippen LogP contribution in [0.25, 0.3) is 0 Å². The van der Waals surface area contributed by atoms with E-state index in [1.54, 1.807) is 21.9 Å². The molecule has 0 saturated carbocycles. The number of amides is 2. The summed E-state index contributed by atoms with van der Waals surface area (Å²) in [5, 5.41) is 0.358. The third-order valence-corrected chi connectivity index (χ3v) is 4.54. The molecule has 0 radical (unpaired) electrons. The molecule has 1 fully saturated rings. The zero-order chi connectivity index (χ0) is 18.7. The van der Waals surface area contributed by atoms with E-state index in [1.165, 1.54) is 0 Å². The standard InChI is InChI=1S/C18H23ClN2O5/c1-12(2)10-24-18(23)21-5-3-4-20(6-7-21)17(22)13-8-14(19)16-15(9-13)25-11-26-16/h8-9,12H,3-7,10-11H2,1-2H3. The zero-order valence-electron chi connectivity index (χ0n) is 15.0. The predicted molar refractivity (Wildman–Crippen MR) is 95.9 cm³/mol. The van der Waals surface area contributed by atoms with E-state index in [-0.39, 0.29) is 18.8 Å². The fraction of sp³-hybridized carbons (Fsp3) is 0.556. The molecule has 2 amide bonds. The van der Waals surface area contributed by atoms with Gasteiger partial charge in [-0.1, -0.05) is 25.4 Å². The number of carbonyl (C=O) groups excluding carboxylic acids is 2. The van der Waals surface area contributed by atoms with Gasteiger partial charge >= 0.3 is 6.09 Å². The molecule has 2 aliphatic rings. The van der Waals surface area contributed by atoms with Gasteiger partial charge in [0.15, 0.2) is 11.5 Å². The van der Waals surface area contributed by atoms with Crippen LogP contribution in [0.1, 0.15) is 30.6 Å². The lowest BCUT2D eigenvalue weighted by Crippen LogP contribution is -2.38. The summed E-state index contributed by atoms with van der Waals surface area (Å²) in [6.07, 6.45) is 0.375. The van der Waals surface area contributed by atoms with Gasteiger partial charge in [-0.2, -0.15) is 0 Å². The van der Waals surface area contributed by atoms with Crippen LogP contribution in [0.15, 0.2) is 12.1 Å². The Labute approximate surface area is 157 Å². The van der Waals surface area contributed by atoms with Crippen molar-refractivity contribution in [1.82, 2.24) is 9.80 Å². The van der Waals surface area contributed by atoms with Gasteiger partial charge in [0.05, 0.1) is 11.6 Å². The van der Waals surface area contributed by atoms with Crippen molar-refractivity contribution in [1.29, 1.82) is 0 Å². The number of fused-ring (bicyclic) bond motifs is 1. The first kappa shape index (κ1) is 18.6. The largest absolute Gasteiger partial charge is 0.454 e. The van der Waals surface area contributed by atoms with E-state index in [1.807, 2.05) is 13.8 Å². The van der Waals surface area contributed by atoms with Gasteiger partial charge in [-0.25, -0.2) is 4.79 Å². The van der Waals surface area contributed by atoms with E-state index in [0.717, 1.165) is 0 Å². The van der Waals surface area contributed by atoms with Gasteiger partial charge in [0.1, 0.15) is 0 Å². The average Bonchev–Trinajstić information content (AvgIpc) is 2.95. The van der Waals surface area contributed by atoms with Crippen molar-refractivity contribution in [2.75, 3.05) is 39.6 Å². The van der Waals surface area contributed by atoms with Crippen molar-refractivity contribution >= 4 is 23.6 Å². The Balaban J connectivity index is 1.63. The average molecular weight is 383 g/mol. The first-order valence-corrected chi connectivity index (χ1v) is 9.13. The van der Waals surface area contributed by atoms with E-state index in [0.29, 0.717) is 67.2 Å². The van der Waals surface area contributed by atoms with Crippen molar-refractivity contribution in [2.24, 2.45) is 5.92 Å². The molecule has 0 spiro atoms. The summed E-state index contributed by atoms with van der Waals surface area (Å²) in [7, 11) is 0. The molecule has 0 N–H and O–H groups in total. The first-order valence-electron chi connectivity index (χ1n) is 8.76. The van der Waals surface area contributed by atoms with Crippen molar-refractivity contribution in [2.45, 2.75) is 20.3 Å². The summed E-state index contributed by atoms with van der Waals surface area (Å²) >= 11 is 6.17. The van der Waals surface area contributed by atoms with Gasteiger partial charge in [-0.3, -0.25) is 4.79 Å². The van der Waals surface area contributed by atoms with E-state index in [9.17, 15) is 9.59 Å². The number of carbonyl (C=O) groups is 2. The van der Waals surface area contributed by atoms with Crippen LogP contribution in [0, 0.1) is 5.92 Å². The lowest BCUT2D eigenvalue weighted by molar-refractivity contribution is 0.0746. The second kappa shape index (κ2) is 8.03. The molecule has 0 bridgehead atoms. The first-order chi connectivity index (χ1) is 12.5. The van der Waals surface area contributed by atoms with Gasteiger partial charge in [-0.05, 0) is 24.5 Å². The van der Waals surface area contributed by atoms with E-state index in [4.69, 9.17) is 25.8 Å². The maximum atomic E-state index is 12.8. The van der Waals surface area contributed by atoms with Crippen LogP contribution < -0.4 is 9.47 Å². The highest BCUT2D eigenvalue weighted by molar-refractivity contribution is 6.32. The molecule has 142 valence electrons. The molecule has 2 heterocycles. The Morgan fingerprint density at radius 1 is 1.15 bits per heavy atom. The molecule has 7 nitrogen and oxygen atoms in total. The van der Waals surface area contributed by atoms with Crippen LogP contribution in [-0.2, 0) is 4.74 Å². The van der Waals surface area contributed by atoms with Gasteiger partial charge in [0, 0.05) is 31.7 Å². The van der Waals surface area contributed by atoms with E-state index < -0.39 is 0 Å². The monoisotopic (exact) mass is 382 g/mol. The van der Waals surface area contributed by atoms with Crippen molar-refractivity contribution in [3.05, 3.63) is 22.7 Å². The van der Waals surface area contributed by atoms with Crippen LogP contribution in [-0.4, -0.2) is 61.4 Å².